The van der Waals surface area contributed by atoms with Gasteiger partial charge in [0.25, 0.3) is 5.91 Å². The van der Waals surface area contributed by atoms with Gasteiger partial charge in [-0.25, -0.2) is 0 Å². The lowest BCUT2D eigenvalue weighted by Gasteiger charge is -2.06. The lowest BCUT2D eigenvalue weighted by atomic mass is 10.1. The molecule has 0 radical (unpaired) electrons. The molecule has 0 spiro atoms. The summed E-state index contributed by atoms with van der Waals surface area (Å²) in [5.74, 6) is 0.706. The number of nitrogens with one attached hydrogen (secondary N) is 1. The third kappa shape index (κ3) is 2.65. The average Bonchev–Trinajstić information content (AvgIpc) is 2.75. The SMILES string of the molecule is Cc1noc(CNC(=O)c2cc(N)ccc2C)n1. The minimum atomic E-state index is -0.212. The van der Waals surface area contributed by atoms with E-state index in [-0.39, 0.29) is 12.5 Å². The largest absolute Gasteiger partial charge is 0.399 e. The Morgan fingerprint density at radius 1 is 1.44 bits per heavy atom. The van der Waals surface area contributed by atoms with Crippen molar-refractivity contribution in [2.75, 3.05) is 5.73 Å². The number of anilines is 1. The molecule has 0 aliphatic rings. The molecule has 2 rings (SSSR count). The monoisotopic (exact) mass is 246 g/mol. The van der Waals surface area contributed by atoms with E-state index < -0.39 is 0 Å². The number of nitrogens with zero attached hydrogens (tertiary/aromatic N) is 2. The predicted molar refractivity (Wildman–Crippen MR) is 65.8 cm³/mol. The van der Waals surface area contributed by atoms with E-state index in [1.54, 1.807) is 25.1 Å². The molecular weight excluding hydrogens is 232 g/mol. The Morgan fingerprint density at radius 2 is 2.22 bits per heavy atom. The smallest absolute Gasteiger partial charge is 0.252 e. The molecule has 0 saturated carbocycles. The van der Waals surface area contributed by atoms with Gasteiger partial charge < -0.3 is 15.6 Å². The van der Waals surface area contributed by atoms with E-state index in [1.165, 1.54) is 0 Å². The van der Waals surface area contributed by atoms with Crippen molar-refractivity contribution in [2.24, 2.45) is 0 Å². The van der Waals surface area contributed by atoms with Gasteiger partial charge in [-0.1, -0.05) is 11.2 Å². The first-order chi connectivity index (χ1) is 8.56. The molecule has 1 amide bonds. The first kappa shape index (κ1) is 12.1. The molecule has 6 heteroatoms. The molecule has 0 unspecified atom stereocenters. The Balaban J connectivity index is 2.05. The van der Waals surface area contributed by atoms with Crippen molar-refractivity contribution in [3.05, 3.63) is 41.0 Å². The van der Waals surface area contributed by atoms with Gasteiger partial charge in [0.05, 0.1) is 6.54 Å². The molecule has 6 nitrogen and oxygen atoms in total. The molecule has 2 aromatic rings. The maximum Gasteiger partial charge on any atom is 0.252 e. The van der Waals surface area contributed by atoms with Crippen LogP contribution in [-0.2, 0) is 6.54 Å². The molecule has 1 aromatic heterocycles. The summed E-state index contributed by atoms with van der Waals surface area (Å²) in [6, 6.07) is 5.21. The third-order valence-corrected chi connectivity index (χ3v) is 2.48. The number of nitrogen functional groups attached to an aromatic ring is 1. The second-order valence-electron chi connectivity index (χ2n) is 3.99. The Labute approximate surface area is 104 Å². The molecule has 18 heavy (non-hydrogen) atoms. The van der Waals surface area contributed by atoms with Crippen molar-refractivity contribution in [3.8, 4) is 0 Å². The number of aryl methyl sites for hydroxylation is 2. The van der Waals surface area contributed by atoms with E-state index in [0.717, 1.165) is 5.56 Å². The summed E-state index contributed by atoms with van der Waals surface area (Å²) in [4.78, 5) is 15.9. The van der Waals surface area contributed by atoms with Gasteiger partial charge in [-0.05, 0) is 31.5 Å². The van der Waals surface area contributed by atoms with Crippen LogP contribution in [0.25, 0.3) is 0 Å². The van der Waals surface area contributed by atoms with Gasteiger partial charge in [-0.15, -0.1) is 0 Å². The van der Waals surface area contributed by atoms with Crippen LogP contribution in [0.2, 0.25) is 0 Å². The highest BCUT2D eigenvalue weighted by Crippen LogP contribution is 2.12. The minimum absolute atomic E-state index is 0.202. The molecule has 1 aromatic carbocycles. The number of nitrogens with two attached hydrogens (primary N) is 1. The molecule has 0 atom stereocenters. The van der Waals surface area contributed by atoms with Crippen molar-refractivity contribution in [3.63, 3.8) is 0 Å². The van der Waals surface area contributed by atoms with E-state index in [9.17, 15) is 4.79 Å². The predicted octanol–water partition coefficient (Wildman–Crippen LogP) is 1.20. The zero-order chi connectivity index (χ0) is 13.1. The van der Waals surface area contributed by atoms with E-state index in [1.807, 2.05) is 6.92 Å². The first-order valence-electron chi connectivity index (χ1n) is 5.50. The fraction of sp³-hybridized carbons (Fsp3) is 0.250. The van der Waals surface area contributed by atoms with Crippen LogP contribution in [-0.4, -0.2) is 16.0 Å². The molecule has 0 aliphatic heterocycles. The van der Waals surface area contributed by atoms with Crippen molar-refractivity contribution in [2.45, 2.75) is 20.4 Å². The summed E-state index contributed by atoms with van der Waals surface area (Å²) in [7, 11) is 0. The topological polar surface area (TPSA) is 94.0 Å². The molecular formula is C12H14N4O2. The van der Waals surface area contributed by atoms with E-state index >= 15 is 0 Å². The van der Waals surface area contributed by atoms with Crippen molar-refractivity contribution >= 4 is 11.6 Å². The Morgan fingerprint density at radius 3 is 2.89 bits per heavy atom. The van der Waals surface area contributed by atoms with Crippen molar-refractivity contribution in [1.82, 2.24) is 15.5 Å². The van der Waals surface area contributed by atoms with Gasteiger partial charge in [0, 0.05) is 11.3 Å². The molecule has 1 heterocycles. The van der Waals surface area contributed by atoms with Crippen molar-refractivity contribution in [1.29, 1.82) is 0 Å². The Hall–Kier alpha value is -2.37. The number of carbonyl (C=O) groups is 1. The van der Waals surface area contributed by atoms with Gasteiger partial charge in [0.15, 0.2) is 5.82 Å². The molecule has 0 fully saturated rings. The number of amides is 1. The van der Waals surface area contributed by atoms with Crippen LogP contribution in [0.5, 0.6) is 0 Å². The highest BCUT2D eigenvalue weighted by Gasteiger charge is 2.10. The van der Waals surface area contributed by atoms with E-state index in [0.29, 0.717) is 23.0 Å². The van der Waals surface area contributed by atoms with Crippen LogP contribution in [0, 0.1) is 13.8 Å². The summed E-state index contributed by atoms with van der Waals surface area (Å²) in [6.45, 7) is 3.77. The standard InChI is InChI=1S/C12H14N4O2/c1-7-3-4-9(13)5-10(7)12(17)14-6-11-15-8(2)16-18-11/h3-5H,6,13H2,1-2H3,(H,14,17). The van der Waals surface area contributed by atoms with Gasteiger partial charge in [-0.3, -0.25) is 4.79 Å². The quantitative estimate of drug-likeness (QED) is 0.793. The number of carbonyl (C=O) groups excluding carboxylic acids is 1. The number of rotatable bonds is 3. The number of hydrogen-bond acceptors (Lipinski definition) is 5. The summed E-state index contributed by atoms with van der Waals surface area (Å²) in [6.07, 6.45) is 0. The van der Waals surface area contributed by atoms with Crippen molar-refractivity contribution < 1.29 is 9.32 Å². The highest BCUT2D eigenvalue weighted by molar-refractivity contribution is 5.96. The van der Waals surface area contributed by atoms with Crippen LogP contribution in [0.1, 0.15) is 27.6 Å². The van der Waals surface area contributed by atoms with E-state index in [4.69, 9.17) is 10.3 Å². The molecule has 94 valence electrons. The van der Waals surface area contributed by atoms with Gasteiger partial charge in [0.2, 0.25) is 5.89 Å². The molecule has 3 N–H and O–H groups in total. The lowest BCUT2D eigenvalue weighted by Crippen LogP contribution is -2.23. The van der Waals surface area contributed by atoms with Crippen LogP contribution in [0.4, 0.5) is 5.69 Å². The summed E-state index contributed by atoms with van der Waals surface area (Å²) in [5.41, 5.74) is 7.62. The highest BCUT2D eigenvalue weighted by atomic mass is 16.5. The van der Waals surface area contributed by atoms with Gasteiger partial charge in [0.1, 0.15) is 0 Å². The second-order valence-corrected chi connectivity index (χ2v) is 3.99. The average molecular weight is 246 g/mol. The lowest BCUT2D eigenvalue weighted by molar-refractivity contribution is 0.0945. The fourth-order valence-corrected chi connectivity index (χ4v) is 1.55. The van der Waals surface area contributed by atoms with Crippen LogP contribution < -0.4 is 11.1 Å². The molecule has 0 aliphatic carbocycles. The number of benzene rings is 1. The first-order valence-corrected chi connectivity index (χ1v) is 5.50. The zero-order valence-electron chi connectivity index (χ0n) is 10.2. The van der Waals surface area contributed by atoms with E-state index in [2.05, 4.69) is 15.5 Å². The maximum atomic E-state index is 11.9. The van der Waals surface area contributed by atoms with Crippen LogP contribution >= 0.6 is 0 Å². The fourth-order valence-electron chi connectivity index (χ4n) is 1.55. The normalized spacial score (nSPS) is 10.3. The zero-order valence-corrected chi connectivity index (χ0v) is 10.2. The number of hydrogen-bond donors (Lipinski definition) is 2. The Kier molecular flexibility index (Phi) is 3.27. The van der Waals surface area contributed by atoms with Crippen LogP contribution in [0.3, 0.4) is 0 Å². The third-order valence-electron chi connectivity index (χ3n) is 2.48. The van der Waals surface area contributed by atoms with Crippen LogP contribution in [0.15, 0.2) is 22.7 Å². The van der Waals surface area contributed by atoms with Gasteiger partial charge >= 0.3 is 0 Å². The van der Waals surface area contributed by atoms with Gasteiger partial charge in [-0.2, -0.15) is 4.98 Å². The second kappa shape index (κ2) is 4.87. The maximum absolute atomic E-state index is 11.9. The molecule has 0 saturated heterocycles. The molecule has 0 bridgehead atoms. The summed E-state index contributed by atoms with van der Waals surface area (Å²) < 4.78 is 4.90. The minimum Gasteiger partial charge on any atom is -0.399 e. The Bertz CT molecular complexity index is 577. The number of aromatic nitrogens is 2. The summed E-state index contributed by atoms with van der Waals surface area (Å²) in [5, 5.41) is 6.35. The summed E-state index contributed by atoms with van der Waals surface area (Å²) >= 11 is 0.